The molecule has 0 unspecified atom stereocenters. The monoisotopic (exact) mass is 531 g/mol. The van der Waals surface area contributed by atoms with Crippen LogP contribution in [0.3, 0.4) is 0 Å². The standard InChI is InChI=1S/C27H29F4N5O2/c1-15(2)36-14-26(3,4)38-24-20(28)10-17(11-21(24)36)23-22(37-27(29,30)31)13-33-25(35-23)34-19-6-5-16-7-8-32-12-18(16)9-19/h5-6,9-11,13,15,32H,7-8,12,14H2,1-4H3,(H,33,34,35). The number of halogens is 4. The van der Waals surface area contributed by atoms with E-state index in [-0.39, 0.29) is 29.0 Å². The quantitative estimate of drug-likeness (QED) is 0.394. The lowest BCUT2D eigenvalue weighted by atomic mass is 10.0. The topological polar surface area (TPSA) is 71.5 Å². The van der Waals surface area contributed by atoms with Gasteiger partial charge in [0.1, 0.15) is 11.3 Å². The Morgan fingerprint density at radius 1 is 1.16 bits per heavy atom. The summed E-state index contributed by atoms with van der Waals surface area (Å²) < 4.78 is 65.3. The van der Waals surface area contributed by atoms with Crippen molar-refractivity contribution < 1.29 is 27.0 Å². The van der Waals surface area contributed by atoms with Crippen molar-refractivity contribution in [2.45, 2.75) is 58.7 Å². The molecule has 2 aliphatic rings. The Morgan fingerprint density at radius 2 is 1.95 bits per heavy atom. The third kappa shape index (κ3) is 5.47. The van der Waals surface area contributed by atoms with Gasteiger partial charge in [-0.1, -0.05) is 6.07 Å². The molecule has 0 atom stereocenters. The third-order valence-corrected chi connectivity index (χ3v) is 6.49. The zero-order valence-corrected chi connectivity index (χ0v) is 21.5. The summed E-state index contributed by atoms with van der Waals surface area (Å²) in [6.07, 6.45) is -3.13. The lowest BCUT2D eigenvalue weighted by molar-refractivity contribution is -0.274. The maximum absolute atomic E-state index is 15.4. The van der Waals surface area contributed by atoms with E-state index in [1.807, 2.05) is 50.8 Å². The molecule has 0 amide bonds. The molecule has 2 aliphatic heterocycles. The molecule has 2 aromatic carbocycles. The van der Waals surface area contributed by atoms with Crippen molar-refractivity contribution in [2.24, 2.45) is 0 Å². The fourth-order valence-electron chi connectivity index (χ4n) is 4.82. The van der Waals surface area contributed by atoms with E-state index in [4.69, 9.17) is 4.74 Å². The van der Waals surface area contributed by atoms with Crippen LogP contribution in [0.1, 0.15) is 38.8 Å². The molecule has 2 N–H and O–H groups in total. The number of nitrogens with zero attached hydrogens (tertiary/aromatic N) is 3. The maximum Gasteiger partial charge on any atom is 0.573 e. The van der Waals surface area contributed by atoms with Crippen LogP contribution in [0.25, 0.3) is 11.3 Å². The van der Waals surface area contributed by atoms with Gasteiger partial charge in [-0.05, 0) is 76.1 Å². The highest BCUT2D eigenvalue weighted by atomic mass is 19.4. The molecule has 5 rings (SSSR count). The van der Waals surface area contributed by atoms with E-state index in [1.54, 1.807) is 6.07 Å². The molecule has 202 valence electrons. The molecule has 7 nitrogen and oxygen atoms in total. The molecule has 0 bridgehead atoms. The summed E-state index contributed by atoms with van der Waals surface area (Å²) in [7, 11) is 0. The molecule has 0 aliphatic carbocycles. The van der Waals surface area contributed by atoms with E-state index < -0.39 is 23.5 Å². The van der Waals surface area contributed by atoms with Crippen LogP contribution in [-0.4, -0.2) is 41.1 Å². The largest absolute Gasteiger partial charge is 0.573 e. The highest BCUT2D eigenvalue weighted by Gasteiger charge is 2.37. The summed E-state index contributed by atoms with van der Waals surface area (Å²) in [5.74, 6) is -1.24. The molecule has 11 heteroatoms. The first-order valence-corrected chi connectivity index (χ1v) is 12.4. The minimum Gasteiger partial charge on any atom is -0.481 e. The number of fused-ring (bicyclic) bond motifs is 2. The molecular formula is C27H29F4N5O2. The van der Waals surface area contributed by atoms with Crippen molar-refractivity contribution in [3.05, 3.63) is 53.5 Å². The molecule has 3 heterocycles. The van der Waals surface area contributed by atoms with Crippen LogP contribution in [0.5, 0.6) is 11.5 Å². The number of hydrogen-bond acceptors (Lipinski definition) is 7. The van der Waals surface area contributed by atoms with Crippen LogP contribution in [-0.2, 0) is 13.0 Å². The second-order valence-corrected chi connectivity index (χ2v) is 10.4. The summed E-state index contributed by atoms with van der Waals surface area (Å²) in [6, 6.07) is 8.49. The van der Waals surface area contributed by atoms with Crippen LogP contribution in [0, 0.1) is 5.82 Å². The van der Waals surface area contributed by atoms with Crippen molar-refractivity contribution >= 4 is 17.3 Å². The number of benzene rings is 2. The van der Waals surface area contributed by atoms with Gasteiger partial charge in [-0.3, -0.25) is 0 Å². The van der Waals surface area contributed by atoms with E-state index in [9.17, 15) is 13.2 Å². The highest BCUT2D eigenvalue weighted by molar-refractivity contribution is 5.76. The lowest BCUT2D eigenvalue weighted by Gasteiger charge is -2.43. The SMILES string of the molecule is CC(C)N1CC(C)(C)Oc2c(F)cc(-c3nc(Nc4ccc5c(c4)CNCC5)ncc3OC(F)(F)F)cc21. The van der Waals surface area contributed by atoms with Gasteiger partial charge in [-0.25, -0.2) is 14.4 Å². The molecule has 1 aromatic heterocycles. The van der Waals surface area contributed by atoms with Gasteiger partial charge < -0.3 is 25.0 Å². The number of anilines is 3. The van der Waals surface area contributed by atoms with E-state index in [0.29, 0.717) is 17.9 Å². The van der Waals surface area contributed by atoms with E-state index in [1.165, 1.54) is 5.56 Å². The fraction of sp³-hybridized carbons (Fsp3) is 0.407. The Bertz CT molecular complexity index is 1360. The van der Waals surface area contributed by atoms with Crippen molar-refractivity contribution in [3.8, 4) is 22.8 Å². The summed E-state index contributed by atoms with van der Waals surface area (Å²) in [5, 5.41) is 6.36. The Kier molecular flexibility index (Phi) is 6.58. The van der Waals surface area contributed by atoms with Gasteiger partial charge in [0, 0.05) is 23.8 Å². The number of nitrogens with one attached hydrogen (secondary N) is 2. The second-order valence-electron chi connectivity index (χ2n) is 10.4. The number of ether oxygens (including phenoxy) is 2. The Labute approximate surface area is 218 Å². The molecule has 0 spiro atoms. The van der Waals surface area contributed by atoms with Crippen LogP contribution in [0.15, 0.2) is 36.5 Å². The van der Waals surface area contributed by atoms with Gasteiger partial charge in [0.2, 0.25) is 5.95 Å². The smallest absolute Gasteiger partial charge is 0.481 e. The van der Waals surface area contributed by atoms with E-state index in [2.05, 4.69) is 25.3 Å². The average Bonchev–Trinajstić information content (AvgIpc) is 2.83. The highest BCUT2D eigenvalue weighted by Crippen LogP contribution is 2.44. The summed E-state index contributed by atoms with van der Waals surface area (Å²) >= 11 is 0. The van der Waals surface area contributed by atoms with Crippen LogP contribution in [0.2, 0.25) is 0 Å². The summed E-state index contributed by atoms with van der Waals surface area (Å²) in [4.78, 5) is 10.3. The minimum atomic E-state index is -4.98. The third-order valence-electron chi connectivity index (χ3n) is 6.49. The number of aromatic nitrogens is 2. The average molecular weight is 532 g/mol. The second kappa shape index (κ2) is 9.61. The molecule has 38 heavy (non-hydrogen) atoms. The van der Waals surface area contributed by atoms with Crippen molar-refractivity contribution in [1.82, 2.24) is 15.3 Å². The van der Waals surface area contributed by atoms with E-state index in [0.717, 1.165) is 37.3 Å². The van der Waals surface area contributed by atoms with Crippen LogP contribution >= 0.6 is 0 Å². The van der Waals surface area contributed by atoms with Crippen LogP contribution < -0.4 is 25.0 Å². The Morgan fingerprint density at radius 3 is 2.68 bits per heavy atom. The predicted octanol–water partition coefficient (Wildman–Crippen LogP) is 5.96. The molecular weight excluding hydrogens is 502 g/mol. The van der Waals surface area contributed by atoms with Gasteiger partial charge in [0.05, 0.1) is 18.4 Å². The van der Waals surface area contributed by atoms with E-state index >= 15 is 4.39 Å². The first-order valence-electron chi connectivity index (χ1n) is 12.4. The van der Waals surface area contributed by atoms with Gasteiger partial charge in [-0.15, -0.1) is 13.2 Å². The van der Waals surface area contributed by atoms with Crippen molar-refractivity contribution in [3.63, 3.8) is 0 Å². The van der Waals surface area contributed by atoms with Crippen LogP contribution in [0.4, 0.5) is 34.9 Å². The summed E-state index contributed by atoms with van der Waals surface area (Å²) in [5.41, 5.74) is 2.72. The first-order chi connectivity index (χ1) is 17.9. The summed E-state index contributed by atoms with van der Waals surface area (Å²) in [6.45, 7) is 9.70. The molecule has 0 saturated carbocycles. The van der Waals surface area contributed by atoms with Crippen molar-refractivity contribution in [1.29, 1.82) is 0 Å². The van der Waals surface area contributed by atoms with Crippen molar-refractivity contribution in [2.75, 3.05) is 23.3 Å². The van der Waals surface area contributed by atoms with Gasteiger partial charge in [0.25, 0.3) is 0 Å². The molecule has 0 fully saturated rings. The normalized spacial score (nSPS) is 16.5. The van der Waals surface area contributed by atoms with Gasteiger partial charge in [0.15, 0.2) is 17.3 Å². The number of hydrogen-bond donors (Lipinski definition) is 2. The maximum atomic E-state index is 15.4. The molecule has 0 radical (unpaired) electrons. The lowest BCUT2D eigenvalue weighted by Crippen LogP contribution is -2.49. The van der Waals surface area contributed by atoms with Gasteiger partial charge >= 0.3 is 6.36 Å². The zero-order valence-electron chi connectivity index (χ0n) is 21.5. The number of alkyl halides is 3. The predicted molar refractivity (Wildman–Crippen MR) is 136 cm³/mol. The molecule has 3 aromatic rings. The Hall–Kier alpha value is -3.60. The number of rotatable bonds is 5. The van der Waals surface area contributed by atoms with Gasteiger partial charge in [-0.2, -0.15) is 0 Å². The Balaban J connectivity index is 1.57. The minimum absolute atomic E-state index is 0.0152. The molecule has 0 saturated heterocycles. The zero-order chi connectivity index (χ0) is 27.2. The first kappa shape index (κ1) is 26.0. The fourth-order valence-corrected chi connectivity index (χ4v) is 4.82.